The molecule has 0 aromatic carbocycles. The maximum absolute atomic E-state index is 11.0. The third-order valence-corrected chi connectivity index (χ3v) is 2.61. The highest BCUT2D eigenvalue weighted by Crippen LogP contribution is 2.11. The van der Waals surface area contributed by atoms with Crippen molar-refractivity contribution < 1.29 is 19.4 Å². The lowest BCUT2D eigenvalue weighted by Crippen LogP contribution is -2.00. The van der Waals surface area contributed by atoms with Crippen molar-refractivity contribution in [2.45, 2.75) is 13.3 Å². The molecule has 0 bridgehead atoms. The third kappa shape index (κ3) is 4.09. The zero-order valence-corrected chi connectivity index (χ0v) is 11.1. The van der Waals surface area contributed by atoms with Crippen molar-refractivity contribution in [2.24, 2.45) is 7.05 Å². The van der Waals surface area contributed by atoms with Crippen LogP contribution < -0.4 is 0 Å². The molecule has 0 saturated heterocycles. The van der Waals surface area contributed by atoms with E-state index in [4.69, 9.17) is 5.11 Å². The standard InChI is InChI=1S/C13H16N2O4/c1-9(13(17)18)4-6-11-10(14-8-15(11)2)5-7-12(16)19-3/h4-5,7-8H,6H2,1-3H3,(H,17,18)/b7-5+,9-4+. The summed E-state index contributed by atoms with van der Waals surface area (Å²) in [6.45, 7) is 1.53. The number of nitrogens with zero attached hydrogens (tertiary/aromatic N) is 2. The number of allylic oxidation sites excluding steroid dienone is 1. The second-order valence-electron chi connectivity index (χ2n) is 3.94. The minimum atomic E-state index is -0.950. The van der Waals surface area contributed by atoms with Crippen LogP contribution in [0.5, 0.6) is 0 Å². The lowest BCUT2D eigenvalue weighted by Gasteiger charge is -2.01. The van der Waals surface area contributed by atoms with Crippen LogP contribution in [0.1, 0.15) is 18.3 Å². The molecule has 6 heteroatoms. The number of imidazole rings is 1. The van der Waals surface area contributed by atoms with Crippen LogP contribution in [0.4, 0.5) is 0 Å². The first-order valence-electron chi connectivity index (χ1n) is 5.62. The molecule has 0 saturated carbocycles. The van der Waals surface area contributed by atoms with E-state index in [2.05, 4.69) is 9.72 Å². The Labute approximate surface area is 111 Å². The van der Waals surface area contributed by atoms with Gasteiger partial charge in [0.25, 0.3) is 0 Å². The largest absolute Gasteiger partial charge is 0.478 e. The van der Waals surface area contributed by atoms with Gasteiger partial charge in [-0.2, -0.15) is 0 Å². The molecule has 0 unspecified atom stereocenters. The normalized spacial score (nSPS) is 11.8. The number of carboxylic acid groups (broad SMARTS) is 1. The Kier molecular flexibility index (Phi) is 5.05. The van der Waals surface area contributed by atoms with E-state index in [9.17, 15) is 9.59 Å². The molecular formula is C13H16N2O4. The van der Waals surface area contributed by atoms with Crippen molar-refractivity contribution in [2.75, 3.05) is 7.11 Å². The Hall–Kier alpha value is -2.37. The molecule has 1 N–H and O–H groups in total. The summed E-state index contributed by atoms with van der Waals surface area (Å²) in [5, 5.41) is 8.79. The van der Waals surface area contributed by atoms with Gasteiger partial charge in [-0.05, 0) is 13.0 Å². The molecule has 0 aliphatic heterocycles. The van der Waals surface area contributed by atoms with Crippen LogP contribution in [0, 0.1) is 0 Å². The minimum Gasteiger partial charge on any atom is -0.478 e. The maximum Gasteiger partial charge on any atom is 0.330 e. The maximum atomic E-state index is 11.0. The van der Waals surface area contributed by atoms with E-state index in [-0.39, 0.29) is 5.57 Å². The number of rotatable bonds is 5. The highest BCUT2D eigenvalue weighted by molar-refractivity contribution is 5.87. The van der Waals surface area contributed by atoms with E-state index in [0.29, 0.717) is 12.1 Å². The van der Waals surface area contributed by atoms with Gasteiger partial charge < -0.3 is 14.4 Å². The highest BCUT2D eigenvalue weighted by Gasteiger charge is 2.07. The molecule has 0 aliphatic rings. The number of methoxy groups -OCH3 is 1. The molecule has 102 valence electrons. The van der Waals surface area contributed by atoms with Gasteiger partial charge >= 0.3 is 11.9 Å². The fraction of sp³-hybridized carbons (Fsp3) is 0.308. The van der Waals surface area contributed by atoms with E-state index in [1.54, 1.807) is 23.0 Å². The van der Waals surface area contributed by atoms with E-state index >= 15 is 0 Å². The summed E-state index contributed by atoms with van der Waals surface area (Å²) in [5.74, 6) is -1.41. The Morgan fingerprint density at radius 1 is 1.53 bits per heavy atom. The van der Waals surface area contributed by atoms with Gasteiger partial charge in [0.1, 0.15) is 0 Å². The number of aromatic nitrogens is 2. The number of aliphatic carboxylic acids is 1. The van der Waals surface area contributed by atoms with Crippen LogP contribution in [-0.2, 0) is 27.8 Å². The molecule has 0 aliphatic carbocycles. The highest BCUT2D eigenvalue weighted by atomic mass is 16.5. The minimum absolute atomic E-state index is 0.268. The molecule has 1 aromatic heterocycles. The summed E-state index contributed by atoms with van der Waals surface area (Å²) in [7, 11) is 3.10. The second kappa shape index (κ2) is 6.53. The van der Waals surface area contributed by atoms with Crippen molar-refractivity contribution in [1.82, 2.24) is 9.55 Å². The van der Waals surface area contributed by atoms with Crippen LogP contribution in [-0.4, -0.2) is 33.7 Å². The number of carbonyl (C=O) groups is 2. The van der Waals surface area contributed by atoms with Gasteiger partial charge in [-0.3, -0.25) is 0 Å². The average molecular weight is 264 g/mol. The number of hydrogen-bond donors (Lipinski definition) is 1. The van der Waals surface area contributed by atoms with Crippen LogP contribution in [0.25, 0.3) is 6.08 Å². The lowest BCUT2D eigenvalue weighted by molar-refractivity contribution is -0.135. The van der Waals surface area contributed by atoms with Gasteiger partial charge in [0.05, 0.1) is 19.1 Å². The topological polar surface area (TPSA) is 81.4 Å². The van der Waals surface area contributed by atoms with E-state index in [0.717, 1.165) is 5.69 Å². The summed E-state index contributed by atoms with van der Waals surface area (Å²) in [6.07, 6.45) is 6.46. The van der Waals surface area contributed by atoms with Gasteiger partial charge in [0.15, 0.2) is 0 Å². The number of aryl methyl sites for hydroxylation is 1. The molecule has 19 heavy (non-hydrogen) atoms. The van der Waals surface area contributed by atoms with Gasteiger partial charge in [-0.1, -0.05) is 6.08 Å². The first-order chi connectivity index (χ1) is 8.95. The van der Waals surface area contributed by atoms with Crippen molar-refractivity contribution in [1.29, 1.82) is 0 Å². The summed E-state index contributed by atoms with van der Waals surface area (Å²) >= 11 is 0. The molecule has 1 heterocycles. The average Bonchev–Trinajstić information content (AvgIpc) is 2.73. The SMILES string of the molecule is COC(=O)/C=C/c1ncn(C)c1C/C=C(\C)C(=O)O. The monoisotopic (exact) mass is 264 g/mol. The zero-order chi connectivity index (χ0) is 14.4. The van der Waals surface area contributed by atoms with Gasteiger partial charge in [0, 0.05) is 30.8 Å². The van der Waals surface area contributed by atoms with Crippen molar-refractivity contribution in [3.05, 3.63) is 35.4 Å². The second-order valence-corrected chi connectivity index (χ2v) is 3.94. The first kappa shape index (κ1) is 14.7. The molecule has 0 fully saturated rings. The van der Waals surface area contributed by atoms with Crippen molar-refractivity contribution in [3.8, 4) is 0 Å². The molecule has 0 spiro atoms. The Morgan fingerprint density at radius 2 is 2.21 bits per heavy atom. The predicted octanol–water partition coefficient (Wildman–Crippen LogP) is 1.18. The van der Waals surface area contributed by atoms with E-state index < -0.39 is 11.9 Å². The molecule has 0 radical (unpaired) electrons. The van der Waals surface area contributed by atoms with Crippen LogP contribution in [0.2, 0.25) is 0 Å². The quantitative estimate of drug-likeness (QED) is 0.638. The van der Waals surface area contributed by atoms with Gasteiger partial charge in [-0.15, -0.1) is 0 Å². The number of ether oxygens (including phenoxy) is 1. The predicted molar refractivity (Wildman–Crippen MR) is 69.4 cm³/mol. The van der Waals surface area contributed by atoms with Crippen molar-refractivity contribution in [3.63, 3.8) is 0 Å². The van der Waals surface area contributed by atoms with Crippen LogP contribution in [0.15, 0.2) is 24.1 Å². The third-order valence-electron chi connectivity index (χ3n) is 2.61. The fourth-order valence-electron chi connectivity index (χ4n) is 1.41. The molecule has 6 nitrogen and oxygen atoms in total. The van der Waals surface area contributed by atoms with Crippen molar-refractivity contribution >= 4 is 18.0 Å². The van der Waals surface area contributed by atoms with E-state index in [1.807, 2.05) is 7.05 Å². The van der Waals surface area contributed by atoms with Crippen LogP contribution >= 0.6 is 0 Å². The molecule has 0 amide bonds. The van der Waals surface area contributed by atoms with E-state index in [1.165, 1.54) is 20.1 Å². The lowest BCUT2D eigenvalue weighted by atomic mass is 10.1. The zero-order valence-electron chi connectivity index (χ0n) is 11.1. The fourth-order valence-corrected chi connectivity index (χ4v) is 1.41. The summed E-state index contributed by atoms with van der Waals surface area (Å²) < 4.78 is 6.28. The number of esters is 1. The summed E-state index contributed by atoms with van der Waals surface area (Å²) in [6, 6.07) is 0. The number of carbonyl (C=O) groups excluding carboxylic acids is 1. The Bertz CT molecular complexity index is 541. The summed E-state index contributed by atoms with van der Waals surface area (Å²) in [5.41, 5.74) is 1.70. The Morgan fingerprint density at radius 3 is 2.79 bits per heavy atom. The molecule has 1 aromatic rings. The van der Waals surface area contributed by atoms with Crippen LogP contribution in [0.3, 0.4) is 0 Å². The van der Waals surface area contributed by atoms with Gasteiger partial charge in [0.2, 0.25) is 0 Å². The molecular weight excluding hydrogens is 248 g/mol. The molecule has 1 rings (SSSR count). The molecule has 0 atom stereocenters. The van der Waals surface area contributed by atoms with Gasteiger partial charge in [-0.25, -0.2) is 14.6 Å². The first-order valence-corrected chi connectivity index (χ1v) is 5.62. The number of carboxylic acids is 1. The number of hydrogen-bond acceptors (Lipinski definition) is 4. The summed E-state index contributed by atoms with van der Waals surface area (Å²) in [4.78, 5) is 25.9. The smallest absolute Gasteiger partial charge is 0.330 e. The Balaban J connectivity index is 2.92.